The van der Waals surface area contributed by atoms with Crippen LogP contribution in [0.1, 0.15) is 40.0 Å². The summed E-state index contributed by atoms with van der Waals surface area (Å²) < 4.78 is 4.66. The second-order valence-corrected chi connectivity index (χ2v) is 7.30. The highest BCUT2D eigenvalue weighted by molar-refractivity contribution is 5.98. The van der Waals surface area contributed by atoms with Gasteiger partial charge in [0.1, 0.15) is 5.75 Å². The lowest BCUT2D eigenvalue weighted by Gasteiger charge is -2.31. The van der Waals surface area contributed by atoms with Gasteiger partial charge >= 0.3 is 5.97 Å². The van der Waals surface area contributed by atoms with Gasteiger partial charge in [-0.15, -0.1) is 0 Å². The van der Waals surface area contributed by atoms with Crippen LogP contribution in [0.2, 0.25) is 0 Å². The van der Waals surface area contributed by atoms with E-state index in [-0.39, 0.29) is 34.7 Å². The van der Waals surface area contributed by atoms with E-state index in [0.717, 1.165) is 19.4 Å². The normalized spacial score (nSPS) is 25.0. The van der Waals surface area contributed by atoms with Gasteiger partial charge in [0.05, 0.1) is 12.7 Å². The highest BCUT2D eigenvalue weighted by atomic mass is 16.5. The predicted octanol–water partition coefficient (Wildman–Crippen LogP) is 1.51. The second-order valence-electron chi connectivity index (χ2n) is 7.30. The molecule has 2 aliphatic rings. The van der Waals surface area contributed by atoms with Crippen molar-refractivity contribution in [3.8, 4) is 5.75 Å². The number of methoxy groups -OCH3 is 1. The minimum Gasteiger partial charge on any atom is -0.508 e. The summed E-state index contributed by atoms with van der Waals surface area (Å²) in [4.78, 5) is 39.9. The first-order valence-electron chi connectivity index (χ1n) is 8.73. The average molecular weight is 360 g/mol. The van der Waals surface area contributed by atoms with Crippen molar-refractivity contribution in [3.63, 3.8) is 0 Å². The highest BCUT2D eigenvalue weighted by Crippen LogP contribution is 2.40. The minimum atomic E-state index is -0.606. The third-order valence-corrected chi connectivity index (χ3v) is 5.64. The first kappa shape index (κ1) is 18.2. The molecule has 7 heteroatoms. The number of fused-ring (bicyclic) bond motifs is 1. The van der Waals surface area contributed by atoms with Crippen LogP contribution in [-0.4, -0.2) is 66.5 Å². The van der Waals surface area contributed by atoms with Crippen molar-refractivity contribution >= 4 is 17.8 Å². The van der Waals surface area contributed by atoms with Gasteiger partial charge in [-0.05, 0) is 42.9 Å². The van der Waals surface area contributed by atoms with Gasteiger partial charge in [-0.1, -0.05) is 0 Å². The zero-order chi connectivity index (χ0) is 19.0. The first-order chi connectivity index (χ1) is 12.3. The molecule has 140 valence electrons. The largest absolute Gasteiger partial charge is 0.508 e. The Labute approximate surface area is 152 Å². The standard InChI is InChI=1S/C19H24N2O5/c1-20-10-14-6-15(5-11(14)9-17(20)23)21(2)18(24)12-4-13(19(25)26-3)8-16(22)7-12/h4,7-8,11,14-15,22H,5-6,9-10H2,1-3H3/t11-,14+,15-/m1/s1. The summed E-state index contributed by atoms with van der Waals surface area (Å²) in [6, 6.07) is 4.10. The van der Waals surface area contributed by atoms with Gasteiger partial charge in [0.15, 0.2) is 0 Å². The fourth-order valence-electron chi connectivity index (χ4n) is 4.14. The Hall–Kier alpha value is -2.57. The van der Waals surface area contributed by atoms with Gasteiger partial charge in [-0.25, -0.2) is 4.79 Å². The van der Waals surface area contributed by atoms with E-state index in [0.29, 0.717) is 18.3 Å². The molecule has 7 nitrogen and oxygen atoms in total. The van der Waals surface area contributed by atoms with Crippen LogP contribution < -0.4 is 0 Å². The molecule has 1 aliphatic carbocycles. The molecule has 1 aromatic carbocycles. The van der Waals surface area contributed by atoms with Gasteiger partial charge in [-0.3, -0.25) is 9.59 Å². The number of rotatable bonds is 3. The van der Waals surface area contributed by atoms with Crippen LogP contribution in [0.5, 0.6) is 5.75 Å². The summed E-state index contributed by atoms with van der Waals surface area (Å²) >= 11 is 0. The minimum absolute atomic E-state index is 0.0423. The third kappa shape index (κ3) is 3.38. The number of amides is 2. The number of carbonyl (C=O) groups is 3. The number of likely N-dealkylation sites (tertiary alicyclic amines) is 1. The van der Waals surface area contributed by atoms with Gasteiger partial charge in [-0.2, -0.15) is 0 Å². The number of benzene rings is 1. The SMILES string of the molecule is COC(=O)c1cc(O)cc(C(=O)N(C)[C@@H]2C[C@@H]3CC(=O)N(C)C[C@@H]3C2)c1. The van der Waals surface area contributed by atoms with Crippen LogP contribution in [0.4, 0.5) is 0 Å². The van der Waals surface area contributed by atoms with Gasteiger partial charge in [0, 0.05) is 38.7 Å². The lowest BCUT2D eigenvalue weighted by Crippen LogP contribution is -2.39. The molecular formula is C19H24N2O5. The molecule has 3 rings (SSSR count). The molecule has 2 fully saturated rings. The Morgan fingerprint density at radius 2 is 1.85 bits per heavy atom. The summed E-state index contributed by atoms with van der Waals surface area (Å²) in [5.74, 6) is -0.129. The number of hydrogen-bond acceptors (Lipinski definition) is 5. The Bertz CT molecular complexity index is 747. The van der Waals surface area contributed by atoms with E-state index in [2.05, 4.69) is 4.74 Å². The number of hydrogen-bond donors (Lipinski definition) is 1. The van der Waals surface area contributed by atoms with Crippen LogP contribution in [0.25, 0.3) is 0 Å². The summed E-state index contributed by atoms with van der Waals surface area (Å²) in [6.45, 7) is 0.737. The number of phenolic OH excluding ortho intramolecular Hbond substituents is 1. The Morgan fingerprint density at radius 1 is 1.19 bits per heavy atom. The molecule has 26 heavy (non-hydrogen) atoms. The van der Waals surface area contributed by atoms with E-state index in [1.807, 2.05) is 7.05 Å². The van der Waals surface area contributed by atoms with Crippen molar-refractivity contribution in [2.24, 2.45) is 11.8 Å². The first-order valence-corrected chi connectivity index (χ1v) is 8.73. The van der Waals surface area contributed by atoms with E-state index in [4.69, 9.17) is 0 Å². The van der Waals surface area contributed by atoms with Gasteiger partial charge in [0.2, 0.25) is 5.91 Å². The molecule has 0 spiro atoms. The fourth-order valence-corrected chi connectivity index (χ4v) is 4.14. The van der Waals surface area contributed by atoms with E-state index in [1.54, 1.807) is 16.8 Å². The van der Waals surface area contributed by atoms with Crippen LogP contribution in [0.15, 0.2) is 18.2 Å². The van der Waals surface area contributed by atoms with E-state index < -0.39 is 5.97 Å². The molecule has 1 aliphatic heterocycles. The predicted molar refractivity (Wildman–Crippen MR) is 93.8 cm³/mol. The number of nitrogens with zero attached hydrogens (tertiary/aromatic N) is 2. The average Bonchev–Trinajstić information content (AvgIpc) is 3.02. The molecule has 0 aromatic heterocycles. The van der Waals surface area contributed by atoms with Crippen LogP contribution in [-0.2, 0) is 9.53 Å². The fraction of sp³-hybridized carbons (Fsp3) is 0.526. The Morgan fingerprint density at radius 3 is 2.54 bits per heavy atom. The molecule has 0 radical (unpaired) electrons. The quantitative estimate of drug-likeness (QED) is 0.826. The zero-order valence-corrected chi connectivity index (χ0v) is 15.3. The molecular weight excluding hydrogens is 336 g/mol. The van der Waals surface area contributed by atoms with E-state index >= 15 is 0 Å². The van der Waals surface area contributed by atoms with Gasteiger partial charge < -0.3 is 19.6 Å². The summed E-state index contributed by atoms with van der Waals surface area (Å²) in [6.07, 6.45) is 2.20. The van der Waals surface area contributed by atoms with Crippen molar-refractivity contribution in [2.45, 2.75) is 25.3 Å². The maximum Gasteiger partial charge on any atom is 0.338 e. The number of phenols is 1. The third-order valence-electron chi connectivity index (χ3n) is 5.64. The smallest absolute Gasteiger partial charge is 0.338 e. The molecule has 1 saturated heterocycles. The second kappa shape index (κ2) is 6.97. The monoisotopic (exact) mass is 360 g/mol. The molecule has 1 saturated carbocycles. The van der Waals surface area contributed by atoms with Crippen LogP contribution >= 0.6 is 0 Å². The van der Waals surface area contributed by atoms with Crippen molar-refractivity contribution < 1.29 is 24.2 Å². The molecule has 2 amide bonds. The van der Waals surface area contributed by atoms with Gasteiger partial charge in [0.25, 0.3) is 5.91 Å². The highest BCUT2D eigenvalue weighted by Gasteiger charge is 2.42. The molecule has 3 atom stereocenters. The van der Waals surface area contributed by atoms with Crippen molar-refractivity contribution in [2.75, 3.05) is 27.7 Å². The maximum atomic E-state index is 12.9. The van der Waals surface area contributed by atoms with E-state index in [9.17, 15) is 19.5 Å². The molecule has 0 bridgehead atoms. The molecule has 1 N–H and O–H groups in total. The maximum absolute atomic E-state index is 12.9. The topological polar surface area (TPSA) is 87.1 Å². The number of aromatic hydroxyl groups is 1. The summed E-state index contributed by atoms with van der Waals surface area (Å²) in [7, 11) is 4.80. The van der Waals surface area contributed by atoms with Crippen molar-refractivity contribution in [1.29, 1.82) is 0 Å². The molecule has 0 unspecified atom stereocenters. The lowest BCUT2D eigenvalue weighted by atomic mass is 9.88. The Kier molecular flexibility index (Phi) is 4.89. The summed E-state index contributed by atoms with van der Waals surface area (Å²) in [5.41, 5.74) is 0.382. The number of piperidine rings is 1. The Balaban J connectivity index is 1.75. The van der Waals surface area contributed by atoms with Crippen LogP contribution in [0.3, 0.4) is 0 Å². The van der Waals surface area contributed by atoms with Crippen molar-refractivity contribution in [3.05, 3.63) is 29.3 Å². The van der Waals surface area contributed by atoms with Crippen LogP contribution in [0, 0.1) is 11.8 Å². The number of ether oxygens (including phenoxy) is 1. The van der Waals surface area contributed by atoms with E-state index in [1.165, 1.54) is 25.3 Å². The zero-order valence-electron chi connectivity index (χ0n) is 15.3. The number of esters is 1. The number of carbonyl (C=O) groups excluding carboxylic acids is 3. The molecule has 1 heterocycles. The lowest BCUT2D eigenvalue weighted by molar-refractivity contribution is -0.134. The van der Waals surface area contributed by atoms with Crippen molar-refractivity contribution in [1.82, 2.24) is 9.80 Å². The summed E-state index contributed by atoms with van der Waals surface area (Å²) in [5, 5.41) is 9.84. The molecule has 1 aromatic rings.